The standard InChI is InChI=1S/C17H24Cl2N2O/c1-17(2,14-10-12(18)7-8-15(14)19)20-16(22)11-13-6-4-5-9-21(13)3/h7-8,10,13H,4-6,9,11H2,1-3H3,(H,20,22). The van der Waals surface area contributed by atoms with E-state index >= 15 is 0 Å². The van der Waals surface area contributed by atoms with E-state index in [1.54, 1.807) is 12.1 Å². The van der Waals surface area contributed by atoms with E-state index in [-0.39, 0.29) is 5.91 Å². The van der Waals surface area contributed by atoms with Crippen LogP contribution in [0, 0.1) is 0 Å². The van der Waals surface area contributed by atoms with Crippen molar-refractivity contribution in [2.75, 3.05) is 13.6 Å². The van der Waals surface area contributed by atoms with Crippen molar-refractivity contribution in [3.8, 4) is 0 Å². The molecule has 1 aromatic carbocycles. The summed E-state index contributed by atoms with van der Waals surface area (Å²) in [6, 6.07) is 5.67. The number of rotatable bonds is 4. The number of carbonyl (C=O) groups excluding carboxylic acids is 1. The molecule has 1 aliphatic heterocycles. The van der Waals surface area contributed by atoms with Crippen LogP contribution in [-0.2, 0) is 10.3 Å². The molecule has 1 heterocycles. The van der Waals surface area contributed by atoms with Crippen molar-refractivity contribution in [1.29, 1.82) is 0 Å². The van der Waals surface area contributed by atoms with Crippen molar-refractivity contribution < 1.29 is 4.79 Å². The summed E-state index contributed by atoms with van der Waals surface area (Å²) < 4.78 is 0. The van der Waals surface area contributed by atoms with Crippen molar-refractivity contribution in [2.45, 2.75) is 51.1 Å². The molecule has 0 radical (unpaired) electrons. The summed E-state index contributed by atoms with van der Waals surface area (Å²) in [5.74, 6) is 0.0554. The highest BCUT2D eigenvalue weighted by atomic mass is 35.5. The molecule has 1 fully saturated rings. The molecule has 1 saturated heterocycles. The summed E-state index contributed by atoms with van der Waals surface area (Å²) in [5.41, 5.74) is 0.291. The van der Waals surface area contributed by atoms with E-state index in [1.807, 2.05) is 19.9 Å². The number of hydrogen-bond acceptors (Lipinski definition) is 2. The van der Waals surface area contributed by atoms with E-state index in [2.05, 4.69) is 17.3 Å². The number of nitrogens with one attached hydrogen (secondary N) is 1. The molecule has 1 aliphatic rings. The van der Waals surface area contributed by atoms with Crippen LogP contribution >= 0.6 is 23.2 Å². The fourth-order valence-electron chi connectivity index (χ4n) is 3.06. The molecular formula is C17H24Cl2N2O. The maximum absolute atomic E-state index is 12.4. The van der Waals surface area contributed by atoms with E-state index in [0.717, 1.165) is 18.5 Å². The first-order chi connectivity index (χ1) is 10.3. The first-order valence-corrected chi connectivity index (χ1v) is 8.52. The van der Waals surface area contributed by atoms with Crippen LogP contribution < -0.4 is 5.32 Å². The fraction of sp³-hybridized carbons (Fsp3) is 0.588. The molecule has 22 heavy (non-hydrogen) atoms. The number of halogens is 2. The highest BCUT2D eigenvalue weighted by molar-refractivity contribution is 6.33. The predicted octanol–water partition coefficient (Wildman–Crippen LogP) is 4.22. The van der Waals surface area contributed by atoms with Gasteiger partial charge in [-0.1, -0.05) is 29.6 Å². The Morgan fingerprint density at radius 1 is 1.36 bits per heavy atom. The minimum absolute atomic E-state index is 0.0554. The third kappa shape index (κ3) is 4.37. The van der Waals surface area contributed by atoms with Crippen LogP contribution in [0.2, 0.25) is 10.0 Å². The molecule has 1 aromatic rings. The number of likely N-dealkylation sites (tertiary alicyclic amines) is 1. The Hall–Kier alpha value is -0.770. The molecule has 0 bridgehead atoms. The monoisotopic (exact) mass is 342 g/mol. The smallest absolute Gasteiger partial charge is 0.222 e. The van der Waals surface area contributed by atoms with Crippen molar-refractivity contribution >= 4 is 29.1 Å². The summed E-state index contributed by atoms with van der Waals surface area (Å²) in [6.45, 7) is 4.97. The lowest BCUT2D eigenvalue weighted by Crippen LogP contribution is -2.45. The van der Waals surface area contributed by atoms with Gasteiger partial charge in [0.15, 0.2) is 0 Å². The van der Waals surface area contributed by atoms with E-state index < -0.39 is 5.54 Å². The quantitative estimate of drug-likeness (QED) is 0.888. The third-order valence-electron chi connectivity index (χ3n) is 4.40. The Bertz CT molecular complexity index is 545. The van der Waals surface area contributed by atoms with Gasteiger partial charge < -0.3 is 10.2 Å². The molecule has 3 nitrogen and oxygen atoms in total. The van der Waals surface area contributed by atoms with Gasteiger partial charge in [0.05, 0.1) is 5.54 Å². The second-order valence-corrected chi connectivity index (χ2v) is 7.48. The summed E-state index contributed by atoms with van der Waals surface area (Å²) in [7, 11) is 2.09. The Morgan fingerprint density at radius 2 is 2.09 bits per heavy atom. The largest absolute Gasteiger partial charge is 0.347 e. The lowest BCUT2D eigenvalue weighted by molar-refractivity contribution is -0.124. The summed E-state index contributed by atoms with van der Waals surface area (Å²) in [6.07, 6.45) is 4.03. The zero-order valence-electron chi connectivity index (χ0n) is 13.5. The Kier molecular flexibility index (Phi) is 5.76. The van der Waals surface area contributed by atoms with Crippen LogP contribution in [0.3, 0.4) is 0 Å². The van der Waals surface area contributed by atoms with Gasteiger partial charge in [-0.3, -0.25) is 4.79 Å². The van der Waals surface area contributed by atoms with Crippen molar-refractivity contribution in [3.05, 3.63) is 33.8 Å². The second kappa shape index (κ2) is 7.20. The fourth-order valence-corrected chi connectivity index (χ4v) is 3.59. The number of hydrogen-bond donors (Lipinski definition) is 1. The van der Waals surface area contributed by atoms with Gasteiger partial charge in [0.25, 0.3) is 0 Å². The van der Waals surface area contributed by atoms with Crippen LogP contribution in [0.1, 0.15) is 45.1 Å². The second-order valence-electron chi connectivity index (χ2n) is 6.63. The Morgan fingerprint density at radius 3 is 2.77 bits per heavy atom. The average Bonchev–Trinajstić information content (AvgIpc) is 2.43. The summed E-state index contributed by atoms with van der Waals surface area (Å²) in [4.78, 5) is 14.7. The number of piperidine rings is 1. The molecule has 0 saturated carbocycles. The topological polar surface area (TPSA) is 32.3 Å². The van der Waals surface area contributed by atoms with Crippen LogP contribution in [0.5, 0.6) is 0 Å². The molecule has 122 valence electrons. The van der Waals surface area contributed by atoms with E-state index in [1.165, 1.54) is 12.8 Å². The summed E-state index contributed by atoms with van der Waals surface area (Å²) in [5, 5.41) is 4.33. The van der Waals surface area contributed by atoms with Crippen molar-refractivity contribution in [2.24, 2.45) is 0 Å². The molecule has 1 atom stereocenters. The lowest BCUT2D eigenvalue weighted by Gasteiger charge is -2.34. The molecule has 0 aromatic heterocycles. The van der Waals surface area contributed by atoms with Gasteiger partial charge in [-0.15, -0.1) is 0 Å². The lowest BCUT2D eigenvalue weighted by atomic mass is 9.93. The van der Waals surface area contributed by atoms with Gasteiger partial charge in [-0.05, 0) is 64.0 Å². The minimum atomic E-state index is -0.549. The maximum Gasteiger partial charge on any atom is 0.222 e. The molecule has 1 unspecified atom stereocenters. The zero-order valence-corrected chi connectivity index (χ0v) is 15.0. The Balaban J connectivity index is 2.04. The molecule has 0 spiro atoms. The van der Waals surface area contributed by atoms with Crippen LogP contribution in [0.15, 0.2) is 18.2 Å². The van der Waals surface area contributed by atoms with E-state index in [0.29, 0.717) is 22.5 Å². The highest BCUT2D eigenvalue weighted by Gasteiger charge is 2.28. The van der Waals surface area contributed by atoms with Gasteiger partial charge in [-0.2, -0.15) is 0 Å². The van der Waals surface area contributed by atoms with Crippen molar-refractivity contribution in [3.63, 3.8) is 0 Å². The van der Waals surface area contributed by atoms with Crippen LogP contribution in [-0.4, -0.2) is 30.4 Å². The minimum Gasteiger partial charge on any atom is -0.347 e. The first kappa shape index (κ1) is 17.6. The Labute approximate surface area is 143 Å². The van der Waals surface area contributed by atoms with E-state index in [4.69, 9.17) is 23.2 Å². The van der Waals surface area contributed by atoms with Crippen LogP contribution in [0.4, 0.5) is 0 Å². The highest BCUT2D eigenvalue weighted by Crippen LogP contribution is 2.30. The molecule has 1 amide bonds. The van der Waals surface area contributed by atoms with Gasteiger partial charge in [-0.25, -0.2) is 0 Å². The predicted molar refractivity (Wildman–Crippen MR) is 92.5 cm³/mol. The van der Waals surface area contributed by atoms with Gasteiger partial charge in [0, 0.05) is 22.5 Å². The van der Waals surface area contributed by atoms with Gasteiger partial charge in [0.2, 0.25) is 5.91 Å². The number of amides is 1. The molecule has 2 rings (SSSR count). The van der Waals surface area contributed by atoms with Gasteiger partial charge >= 0.3 is 0 Å². The van der Waals surface area contributed by atoms with Gasteiger partial charge in [0.1, 0.15) is 0 Å². The zero-order chi connectivity index (χ0) is 16.3. The SMILES string of the molecule is CN1CCCCC1CC(=O)NC(C)(C)c1cc(Cl)ccc1Cl. The maximum atomic E-state index is 12.4. The normalized spacial score (nSPS) is 20.0. The molecule has 5 heteroatoms. The molecular weight excluding hydrogens is 319 g/mol. The number of nitrogens with zero attached hydrogens (tertiary/aromatic N) is 1. The first-order valence-electron chi connectivity index (χ1n) is 7.76. The summed E-state index contributed by atoms with van der Waals surface area (Å²) >= 11 is 12.3. The van der Waals surface area contributed by atoms with Crippen molar-refractivity contribution in [1.82, 2.24) is 10.2 Å². The number of benzene rings is 1. The molecule has 1 N–H and O–H groups in total. The molecule has 0 aliphatic carbocycles. The third-order valence-corrected chi connectivity index (χ3v) is 4.96. The average molecular weight is 343 g/mol. The number of carbonyl (C=O) groups is 1. The van der Waals surface area contributed by atoms with Crippen LogP contribution in [0.25, 0.3) is 0 Å². The van der Waals surface area contributed by atoms with E-state index in [9.17, 15) is 4.79 Å².